The quantitative estimate of drug-likeness (QED) is 0.881. The van der Waals surface area contributed by atoms with E-state index < -0.39 is 6.10 Å². The molecule has 21 heavy (non-hydrogen) atoms. The van der Waals surface area contributed by atoms with Crippen molar-refractivity contribution in [1.82, 2.24) is 0 Å². The third-order valence-corrected chi connectivity index (χ3v) is 4.56. The molecule has 0 aromatic heterocycles. The molecule has 2 heteroatoms. The lowest BCUT2D eigenvalue weighted by Gasteiger charge is -2.30. The molecule has 1 fully saturated rings. The van der Waals surface area contributed by atoms with Crippen LogP contribution in [0, 0.1) is 6.92 Å². The van der Waals surface area contributed by atoms with Crippen LogP contribution in [0.4, 0.5) is 0 Å². The number of hydrogen-bond acceptors (Lipinski definition) is 2. The van der Waals surface area contributed by atoms with Gasteiger partial charge in [0, 0.05) is 12.0 Å². The maximum Gasteiger partial charge on any atom is 0.127 e. The Bertz CT molecular complexity index is 673. The molecule has 0 bridgehead atoms. The van der Waals surface area contributed by atoms with E-state index in [4.69, 9.17) is 4.74 Å². The van der Waals surface area contributed by atoms with E-state index in [0.29, 0.717) is 6.42 Å². The molecule has 1 heterocycles. The molecule has 108 valence electrons. The highest BCUT2D eigenvalue weighted by molar-refractivity contribution is 5.41. The Kier molecular flexibility index (Phi) is 3.00. The van der Waals surface area contributed by atoms with Crippen LogP contribution in [0.1, 0.15) is 59.6 Å². The second kappa shape index (κ2) is 4.88. The first-order valence-electron chi connectivity index (χ1n) is 7.76. The van der Waals surface area contributed by atoms with Crippen LogP contribution < -0.4 is 4.74 Å². The molecule has 1 aliphatic heterocycles. The molecule has 2 aromatic rings. The lowest BCUT2D eigenvalue weighted by molar-refractivity contribution is 0.0656. The largest absolute Gasteiger partial charge is 0.485 e. The highest BCUT2D eigenvalue weighted by atomic mass is 16.5. The molecule has 2 aliphatic rings. The predicted octanol–water partition coefficient (Wildman–Crippen LogP) is 4.43. The van der Waals surface area contributed by atoms with Gasteiger partial charge >= 0.3 is 0 Å². The maximum absolute atomic E-state index is 10.4. The first-order valence-corrected chi connectivity index (χ1v) is 7.76. The van der Waals surface area contributed by atoms with E-state index in [1.807, 2.05) is 25.1 Å². The molecule has 0 spiro atoms. The smallest absolute Gasteiger partial charge is 0.127 e. The van der Waals surface area contributed by atoms with Gasteiger partial charge in [0.25, 0.3) is 0 Å². The third-order valence-electron chi connectivity index (χ3n) is 4.56. The molecule has 0 amide bonds. The average molecular weight is 280 g/mol. The first kappa shape index (κ1) is 12.9. The molecule has 1 aliphatic carbocycles. The Hall–Kier alpha value is -1.80. The second-order valence-electron chi connectivity index (χ2n) is 6.34. The molecule has 2 aromatic carbocycles. The zero-order valence-electron chi connectivity index (χ0n) is 12.3. The molecule has 2 atom stereocenters. The number of fused-ring (bicyclic) bond motifs is 1. The normalized spacial score (nSPS) is 24.3. The van der Waals surface area contributed by atoms with Crippen LogP contribution in [0.15, 0.2) is 42.5 Å². The number of aliphatic hydroxyl groups is 1. The van der Waals surface area contributed by atoms with Crippen LogP contribution in [0.25, 0.3) is 0 Å². The molecule has 0 saturated heterocycles. The summed E-state index contributed by atoms with van der Waals surface area (Å²) in [7, 11) is 0. The van der Waals surface area contributed by atoms with Gasteiger partial charge in [-0.05, 0) is 48.9 Å². The molecule has 0 radical (unpaired) electrons. The van der Waals surface area contributed by atoms with Gasteiger partial charge in [0.15, 0.2) is 0 Å². The van der Waals surface area contributed by atoms with E-state index in [1.54, 1.807) is 0 Å². The van der Waals surface area contributed by atoms with Gasteiger partial charge in [-0.1, -0.05) is 35.9 Å². The summed E-state index contributed by atoms with van der Waals surface area (Å²) in [5.74, 6) is 1.56. The zero-order valence-corrected chi connectivity index (χ0v) is 12.3. The highest BCUT2D eigenvalue weighted by Crippen LogP contribution is 2.44. The van der Waals surface area contributed by atoms with Crippen LogP contribution in [-0.4, -0.2) is 5.11 Å². The molecular weight excluding hydrogens is 260 g/mol. The minimum absolute atomic E-state index is 0.0473. The predicted molar refractivity (Wildman–Crippen MR) is 82.5 cm³/mol. The monoisotopic (exact) mass is 280 g/mol. The molecule has 1 unspecified atom stereocenters. The lowest BCUT2D eigenvalue weighted by Crippen LogP contribution is -2.19. The maximum atomic E-state index is 10.4. The summed E-state index contributed by atoms with van der Waals surface area (Å²) in [5.41, 5.74) is 4.68. The van der Waals surface area contributed by atoms with Gasteiger partial charge < -0.3 is 9.84 Å². The van der Waals surface area contributed by atoms with Gasteiger partial charge in [-0.15, -0.1) is 0 Å². The van der Waals surface area contributed by atoms with Crippen molar-refractivity contribution in [1.29, 1.82) is 0 Å². The number of aryl methyl sites for hydroxylation is 1. The number of rotatable bonds is 2. The number of ether oxygens (including phenoxy) is 1. The first-order chi connectivity index (χ1) is 10.2. The summed E-state index contributed by atoms with van der Waals surface area (Å²) in [6.45, 7) is 2.04. The summed E-state index contributed by atoms with van der Waals surface area (Å²) in [6, 6.07) is 14.7. The van der Waals surface area contributed by atoms with E-state index in [-0.39, 0.29) is 6.10 Å². The van der Waals surface area contributed by atoms with Crippen molar-refractivity contribution in [3.63, 3.8) is 0 Å². The van der Waals surface area contributed by atoms with Crippen molar-refractivity contribution >= 4 is 0 Å². The van der Waals surface area contributed by atoms with Crippen LogP contribution in [0.2, 0.25) is 0 Å². The Morgan fingerprint density at radius 1 is 1.05 bits per heavy atom. The average Bonchev–Trinajstić information content (AvgIpc) is 3.33. The van der Waals surface area contributed by atoms with Crippen LogP contribution in [0.3, 0.4) is 0 Å². The molecular formula is C19H20O2. The Morgan fingerprint density at radius 3 is 2.67 bits per heavy atom. The van der Waals surface area contributed by atoms with E-state index in [1.165, 1.54) is 24.0 Å². The van der Waals surface area contributed by atoms with E-state index in [0.717, 1.165) is 22.8 Å². The van der Waals surface area contributed by atoms with Gasteiger partial charge in [0.2, 0.25) is 0 Å². The van der Waals surface area contributed by atoms with Gasteiger partial charge in [0.05, 0.1) is 6.10 Å². The van der Waals surface area contributed by atoms with Crippen molar-refractivity contribution < 1.29 is 9.84 Å². The van der Waals surface area contributed by atoms with Crippen molar-refractivity contribution in [2.75, 3.05) is 0 Å². The van der Waals surface area contributed by atoms with Crippen molar-refractivity contribution in [3.05, 3.63) is 64.7 Å². The minimum Gasteiger partial charge on any atom is -0.485 e. The van der Waals surface area contributed by atoms with Gasteiger partial charge in [-0.25, -0.2) is 0 Å². The topological polar surface area (TPSA) is 29.5 Å². The zero-order chi connectivity index (χ0) is 14.4. The summed E-state index contributed by atoms with van der Waals surface area (Å²) >= 11 is 0. The standard InChI is InChI=1S/C19H20O2/c1-12-5-8-18-16(9-12)17(20)11-19(21-18)15-4-2-3-14(10-15)13-6-7-13/h2-5,8-10,13,17,19-20H,6-7,11H2,1H3/t17-,19?/m0/s1. The van der Waals surface area contributed by atoms with Crippen molar-refractivity contribution in [2.24, 2.45) is 0 Å². The highest BCUT2D eigenvalue weighted by Gasteiger charge is 2.29. The van der Waals surface area contributed by atoms with Gasteiger partial charge in [-0.3, -0.25) is 0 Å². The molecule has 1 saturated carbocycles. The Morgan fingerprint density at radius 2 is 1.86 bits per heavy atom. The van der Waals surface area contributed by atoms with Crippen LogP contribution in [-0.2, 0) is 0 Å². The van der Waals surface area contributed by atoms with E-state index in [2.05, 4.69) is 24.3 Å². The molecule has 1 N–H and O–H groups in total. The fraction of sp³-hybridized carbons (Fsp3) is 0.368. The van der Waals surface area contributed by atoms with Crippen LogP contribution in [0.5, 0.6) is 5.75 Å². The second-order valence-corrected chi connectivity index (χ2v) is 6.34. The number of benzene rings is 2. The van der Waals surface area contributed by atoms with Crippen molar-refractivity contribution in [3.8, 4) is 5.75 Å². The van der Waals surface area contributed by atoms with E-state index >= 15 is 0 Å². The van der Waals surface area contributed by atoms with E-state index in [9.17, 15) is 5.11 Å². The summed E-state index contributed by atoms with van der Waals surface area (Å²) in [4.78, 5) is 0. The SMILES string of the molecule is Cc1ccc2c(c1)[C@@H](O)CC(c1cccc(C3CC3)c1)O2. The fourth-order valence-corrected chi connectivity index (χ4v) is 3.20. The summed E-state index contributed by atoms with van der Waals surface area (Å²) in [5, 5.41) is 10.4. The lowest BCUT2D eigenvalue weighted by atomic mass is 9.93. The third kappa shape index (κ3) is 2.44. The fourth-order valence-electron chi connectivity index (χ4n) is 3.20. The summed E-state index contributed by atoms with van der Waals surface area (Å²) in [6.07, 6.45) is 2.75. The number of hydrogen-bond donors (Lipinski definition) is 1. The molecule has 4 rings (SSSR count). The van der Waals surface area contributed by atoms with Gasteiger partial charge in [0.1, 0.15) is 11.9 Å². The van der Waals surface area contributed by atoms with Gasteiger partial charge in [-0.2, -0.15) is 0 Å². The molecule has 2 nitrogen and oxygen atoms in total. The minimum atomic E-state index is -0.441. The van der Waals surface area contributed by atoms with Crippen LogP contribution >= 0.6 is 0 Å². The van der Waals surface area contributed by atoms with Crippen molar-refractivity contribution in [2.45, 2.75) is 44.3 Å². The Balaban J connectivity index is 1.65. The summed E-state index contributed by atoms with van der Waals surface area (Å²) < 4.78 is 6.14. The Labute approximate surface area is 125 Å². The number of aliphatic hydroxyl groups excluding tert-OH is 1.